The highest BCUT2D eigenvalue weighted by Crippen LogP contribution is 2.44. The molecule has 1 fully saturated rings. The maximum atomic E-state index is 12.3. The molecule has 0 radical (unpaired) electrons. The van der Waals surface area contributed by atoms with Gasteiger partial charge in [0.2, 0.25) is 5.78 Å². The Morgan fingerprint density at radius 1 is 0.763 bits per heavy atom. The summed E-state index contributed by atoms with van der Waals surface area (Å²) in [7, 11) is 2.21. The van der Waals surface area contributed by atoms with E-state index in [-0.39, 0.29) is 5.78 Å². The first kappa shape index (κ1) is 26.0. The summed E-state index contributed by atoms with van der Waals surface area (Å²) in [4.78, 5) is 16.9. The number of carbonyl (C=O) groups is 1. The molecule has 0 unspecified atom stereocenters. The van der Waals surface area contributed by atoms with E-state index < -0.39 is 0 Å². The van der Waals surface area contributed by atoms with E-state index in [9.17, 15) is 4.79 Å². The maximum absolute atomic E-state index is 12.3. The lowest BCUT2D eigenvalue weighted by atomic mass is 9.91. The van der Waals surface area contributed by atoms with Crippen molar-refractivity contribution in [3.05, 3.63) is 106 Å². The monoisotopic (exact) mass is 669 g/mol. The van der Waals surface area contributed by atoms with Crippen molar-refractivity contribution in [2.75, 3.05) is 20.1 Å². The number of nitrogens with zero attached hydrogens (tertiary/aromatic N) is 1. The third-order valence-electron chi connectivity index (χ3n) is 7.03. The zero-order valence-corrected chi connectivity index (χ0v) is 25.6. The molecule has 7 rings (SSSR count). The fourth-order valence-electron chi connectivity index (χ4n) is 4.99. The average Bonchev–Trinajstić information content (AvgIpc) is 3.53. The summed E-state index contributed by atoms with van der Waals surface area (Å²) in [5.74, 6) is 1.73. The number of halogens is 2. The van der Waals surface area contributed by atoms with Gasteiger partial charge in [0.1, 0.15) is 24.7 Å². The Hall–Kier alpha value is -2.23. The predicted octanol–water partition coefficient (Wildman–Crippen LogP) is 8.56. The number of thiophene rings is 2. The van der Waals surface area contributed by atoms with Gasteiger partial charge in [-0.25, -0.2) is 0 Å². The standard InChI is InChI=1S/C18H18BrNOS.C12H7BrO2S/c1-20-7-4-12(5-8-20)17-15-10-14(19)2-3-16(15)21-11-13-6-9-22-18(13)17;13-8-1-2-10-9(5-8)11(14)12-7(6-15-10)3-4-16-12/h2-3,6,9-10H,4-5,7-8,11H2,1H3;1-5H,6H2. The van der Waals surface area contributed by atoms with Gasteiger partial charge in [0.05, 0.1) is 10.4 Å². The second-order valence-electron chi connectivity index (χ2n) is 9.52. The molecule has 4 aromatic rings. The van der Waals surface area contributed by atoms with Crippen LogP contribution in [-0.4, -0.2) is 30.8 Å². The van der Waals surface area contributed by atoms with Crippen LogP contribution in [0.5, 0.6) is 11.5 Å². The lowest BCUT2D eigenvalue weighted by Crippen LogP contribution is -2.26. The molecule has 0 N–H and O–H groups in total. The Labute approximate surface area is 247 Å². The minimum absolute atomic E-state index is 0.0544. The highest BCUT2D eigenvalue weighted by molar-refractivity contribution is 9.10. The lowest BCUT2D eigenvalue weighted by molar-refractivity contribution is 0.104. The molecule has 8 heteroatoms. The minimum atomic E-state index is 0.0544. The fraction of sp³-hybridized carbons (Fsp3) is 0.233. The van der Waals surface area contributed by atoms with Crippen molar-refractivity contribution < 1.29 is 14.3 Å². The maximum Gasteiger partial charge on any atom is 0.207 e. The predicted molar refractivity (Wildman–Crippen MR) is 162 cm³/mol. The molecule has 0 spiro atoms. The van der Waals surface area contributed by atoms with E-state index >= 15 is 0 Å². The van der Waals surface area contributed by atoms with E-state index in [0.717, 1.165) is 51.1 Å². The van der Waals surface area contributed by atoms with E-state index in [2.05, 4.69) is 73.5 Å². The van der Waals surface area contributed by atoms with Crippen LogP contribution in [0.2, 0.25) is 0 Å². The van der Waals surface area contributed by atoms with Crippen molar-refractivity contribution in [1.82, 2.24) is 4.90 Å². The van der Waals surface area contributed by atoms with Gasteiger partial charge in [0.15, 0.2) is 0 Å². The molecule has 3 aliphatic heterocycles. The zero-order chi connectivity index (χ0) is 26.2. The first-order valence-corrected chi connectivity index (χ1v) is 15.8. The van der Waals surface area contributed by atoms with Crippen LogP contribution < -0.4 is 9.47 Å². The molecule has 0 saturated carbocycles. The number of ether oxygens (including phenoxy) is 2. The van der Waals surface area contributed by atoms with Gasteiger partial charge in [-0.1, -0.05) is 37.4 Å². The van der Waals surface area contributed by atoms with Crippen molar-refractivity contribution in [3.63, 3.8) is 0 Å². The smallest absolute Gasteiger partial charge is 0.207 e. The summed E-state index contributed by atoms with van der Waals surface area (Å²) in [6.07, 6.45) is 2.30. The molecule has 0 aliphatic carbocycles. The Balaban J connectivity index is 0.000000146. The van der Waals surface area contributed by atoms with Crippen molar-refractivity contribution in [2.24, 2.45) is 0 Å². The van der Waals surface area contributed by atoms with Gasteiger partial charge < -0.3 is 14.4 Å². The lowest BCUT2D eigenvalue weighted by Gasteiger charge is -2.26. The van der Waals surface area contributed by atoms with E-state index in [1.807, 2.05) is 41.0 Å². The number of carbonyl (C=O) groups excluding carboxylic acids is 1. The fourth-order valence-corrected chi connectivity index (χ4v) is 7.60. The van der Waals surface area contributed by atoms with E-state index in [4.69, 9.17) is 9.47 Å². The first-order chi connectivity index (χ1) is 18.5. The number of hydrogen-bond acceptors (Lipinski definition) is 6. The molecule has 2 aromatic carbocycles. The molecular formula is C30H25Br2NO3S2. The number of piperidine rings is 1. The van der Waals surface area contributed by atoms with Crippen LogP contribution in [0.4, 0.5) is 0 Å². The van der Waals surface area contributed by atoms with Gasteiger partial charge in [-0.3, -0.25) is 4.79 Å². The number of likely N-dealkylation sites (tertiary alicyclic amines) is 1. The Morgan fingerprint density at radius 2 is 1.32 bits per heavy atom. The summed E-state index contributed by atoms with van der Waals surface area (Å²) in [6, 6.07) is 16.0. The summed E-state index contributed by atoms with van der Waals surface area (Å²) in [6.45, 7) is 3.43. The molecule has 0 amide bonds. The molecule has 5 heterocycles. The summed E-state index contributed by atoms with van der Waals surface area (Å²) < 4.78 is 13.7. The molecule has 0 atom stereocenters. The van der Waals surface area contributed by atoms with Crippen LogP contribution in [-0.2, 0) is 13.2 Å². The zero-order valence-electron chi connectivity index (χ0n) is 20.8. The molecule has 2 aromatic heterocycles. The van der Waals surface area contributed by atoms with E-state index in [1.165, 1.54) is 32.9 Å². The van der Waals surface area contributed by atoms with Crippen LogP contribution in [0.15, 0.2) is 73.8 Å². The van der Waals surface area contributed by atoms with Gasteiger partial charge in [0.25, 0.3) is 0 Å². The molecule has 4 nitrogen and oxygen atoms in total. The van der Waals surface area contributed by atoms with E-state index in [0.29, 0.717) is 24.5 Å². The Kier molecular flexibility index (Phi) is 7.60. The second kappa shape index (κ2) is 11.1. The SMILES string of the molecule is CN1CCC(=C2c3cc(Br)ccc3OCc3ccsc32)CC1.O=C1c2cc(Br)ccc2OCc2ccsc21. The largest absolute Gasteiger partial charge is 0.488 e. The van der Waals surface area contributed by atoms with Crippen molar-refractivity contribution in [2.45, 2.75) is 26.1 Å². The highest BCUT2D eigenvalue weighted by atomic mass is 79.9. The van der Waals surface area contributed by atoms with Crippen LogP contribution in [0, 0.1) is 0 Å². The Bertz CT molecular complexity index is 1540. The number of ketones is 1. The number of fused-ring (bicyclic) bond motifs is 4. The number of rotatable bonds is 0. The second-order valence-corrected chi connectivity index (χ2v) is 13.2. The van der Waals surface area contributed by atoms with Gasteiger partial charge in [-0.05, 0) is 79.2 Å². The summed E-state index contributed by atoms with van der Waals surface area (Å²) >= 11 is 10.3. The third kappa shape index (κ3) is 5.17. The molecule has 3 aliphatic rings. The van der Waals surface area contributed by atoms with Crippen LogP contribution in [0.3, 0.4) is 0 Å². The molecule has 194 valence electrons. The topological polar surface area (TPSA) is 38.8 Å². The van der Waals surface area contributed by atoms with Gasteiger partial charge in [-0.2, -0.15) is 0 Å². The number of benzene rings is 2. The first-order valence-electron chi connectivity index (χ1n) is 12.4. The number of hydrogen-bond donors (Lipinski definition) is 0. The van der Waals surface area contributed by atoms with Crippen LogP contribution >= 0.6 is 54.5 Å². The Morgan fingerprint density at radius 3 is 1.97 bits per heavy atom. The van der Waals surface area contributed by atoms with Gasteiger partial charge in [-0.15, -0.1) is 22.7 Å². The summed E-state index contributed by atoms with van der Waals surface area (Å²) in [5, 5.41) is 4.11. The van der Waals surface area contributed by atoms with Gasteiger partial charge in [0, 0.05) is 49.2 Å². The summed E-state index contributed by atoms with van der Waals surface area (Å²) in [5.41, 5.74) is 7.17. The minimum Gasteiger partial charge on any atom is -0.488 e. The molecule has 38 heavy (non-hydrogen) atoms. The average molecular weight is 671 g/mol. The van der Waals surface area contributed by atoms with Crippen molar-refractivity contribution in [1.29, 1.82) is 0 Å². The van der Waals surface area contributed by atoms with Crippen molar-refractivity contribution in [3.8, 4) is 11.5 Å². The molecule has 1 saturated heterocycles. The van der Waals surface area contributed by atoms with Gasteiger partial charge >= 0.3 is 0 Å². The quantitative estimate of drug-likeness (QED) is 0.188. The molecule has 0 bridgehead atoms. The van der Waals surface area contributed by atoms with Crippen LogP contribution in [0.1, 0.15) is 49.6 Å². The third-order valence-corrected chi connectivity index (χ3v) is 9.95. The van der Waals surface area contributed by atoms with E-state index in [1.54, 1.807) is 5.57 Å². The van der Waals surface area contributed by atoms with Crippen LogP contribution in [0.25, 0.3) is 5.57 Å². The highest BCUT2D eigenvalue weighted by Gasteiger charge is 2.26. The van der Waals surface area contributed by atoms with Crippen molar-refractivity contribution >= 4 is 65.9 Å². The normalized spacial score (nSPS) is 16.4. The molecular weight excluding hydrogens is 646 g/mol.